The van der Waals surface area contributed by atoms with Crippen molar-refractivity contribution in [2.45, 2.75) is 38.0 Å². The third-order valence-corrected chi connectivity index (χ3v) is 2.74. The molecule has 2 heterocycles. The minimum absolute atomic E-state index is 0.000366. The van der Waals surface area contributed by atoms with Gasteiger partial charge in [-0.25, -0.2) is 13.6 Å². The van der Waals surface area contributed by atoms with Crippen LogP contribution in [0.4, 0.5) is 14.6 Å². The van der Waals surface area contributed by atoms with Crippen LogP contribution in [0.1, 0.15) is 26.0 Å². The lowest BCUT2D eigenvalue weighted by atomic mass is 10.1. The molecule has 1 aliphatic heterocycles. The molecule has 5 nitrogen and oxygen atoms in total. The summed E-state index contributed by atoms with van der Waals surface area (Å²) in [6.07, 6.45) is -0.859. The average Bonchev–Trinajstić information content (AvgIpc) is 2.54. The number of rotatable bonds is 2. The van der Waals surface area contributed by atoms with Gasteiger partial charge in [-0.3, -0.25) is 4.57 Å². The topological polar surface area (TPSA) is 70.1 Å². The molecule has 0 aromatic carbocycles. The maximum absolute atomic E-state index is 13.7. The van der Waals surface area contributed by atoms with Gasteiger partial charge in [0.15, 0.2) is 0 Å². The Labute approximate surface area is 96.2 Å². The highest BCUT2D eigenvalue weighted by atomic mass is 19.3. The number of ether oxygens (including phenoxy) is 1. The van der Waals surface area contributed by atoms with Gasteiger partial charge < -0.3 is 10.5 Å². The molecule has 2 atom stereocenters. The summed E-state index contributed by atoms with van der Waals surface area (Å²) in [6, 6.07) is 1.29. The van der Waals surface area contributed by atoms with E-state index in [1.54, 1.807) is 6.92 Å². The van der Waals surface area contributed by atoms with Crippen LogP contribution in [0.5, 0.6) is 0 Å². The van der Waals surface area contributed by atoms with Crippen molar-refractivity contribution >= 4 is 5.82 Å². The SMILES string of the molecule is CCC1CC(F)(F)[C@H](n2ccc(N)nc2=O)O1. The van der Waals surface area contributed by atoms with E-state index < -0.39 is 23.9 Å². The summed E-state index contributed by atoms with van der Waals surface area (Å²) in [5.74, 6) is -3.07. The highest BCUT2D eigenvalue weighted by molar-refractivity contribution is 5.23. The third-order valence-electron chi connectivity index (χ3n) is 2.74. The first-order valence-electron chi connectivity index (χ1n) is 5.32. The fraction of sp³-hybridized carbons (Fsp3) is 0.600. The van der Waals surface area contributed by atoms with Crippen LogP contribution in [0, 0.1) is 0 Å². The number of alkyl halides is 2. The number of hydrogen-bond donors (Lipinski definition) is 1. The molecule has 7 heteroatoms. The summed E-state index contributed by atoms with van der Waals surface area (Å²) in [7, 11) is 0. The number of aromatic nitrogens is 2. The number of hydrogen-bond acceptors (Lipinski definition) is 4. The van der Waals surface area contributed by atoms with E-state index in [4.69, 9.17) is 10.5 Å². The number of anilines is 1. The van der Waals surface area contributed by atoms with E-state index in [0.717, 1.165) is 4.57 Å². The molecule has 1 aromatic heterocycles. The van der Waals surface area contributed by atoms with Gasteiger partial charge in [-0.15, -0.1) is 0 Å². The van der Waals surface area contributed by atoms with Gasteiger partial charge in [-0.05, 0) is 12.5 Å². The Morgan fingerprint density at radius 1 is 1.71 bits per heavy atom. The van der Waals surface area contributed by atoms with E-state index in [-0.39, 0.29) is 12.2 Å². The van der Waals surface area contributed by atoms with Crippen molar-refractivity contribution in [3.05, 3.63) is 22.7 Å². The molecule has 1 fully saturated rings. The zero-order chi connectivity index (χ0) is 12.6. The van der Waals surface area contributed by atoms with Crippen molar-refractivity contribution in [2.24, 2.45) is 0 Å². The monoisotopic (exact) mass is 245 g/mol. The highest BCUT2D eigenvalue weighted by Crippen LogP contribution is 2.42. The van der Waals surface area contributed by atoms with E-state index in [1.807, 2.05) is 0 Å². The molecule has 0 bridgehead atoms. The van der Waals surface area contributed by atoms with Crippen LogP contribution in [0.25, 0.3) is 0 Å². The molecular weight excluding hydrogens is 232 g/mol. The molecule has 1 unspecified atom stereocenters. The van der Waals surface area contributed by atoms with Crippen LogP contribution >= 0.6 is 0 Å². The van der Waals surface area contributed by atoms with Crippen LogP contribution in [0.2, 0.25) is 0 Å². The number of nitrogen functional groups attached to an aromatic ring is 1. The molecule has 17 heavy (non-hydrogen) atoms. The van der Waals surface area contributed by atoms with Crippen molar-refractivity contribution in [1.82, 2.24) is 9.55 Å². The highest BCUT2D eigenvalue weighted by Gasteiger charge is 2.51. The standard InChI is InChI=1S/C10H13F2N3O2/c1-2-6-5-10(11,12)8(17-6)15-4-3-7(13)14-9(15)16/h3-4,6,8H,2,5H2,1H3,(H2,13,14,16)/t6?,8-/m1/s1. The van der Waals surface area contributed by atoms with Gasteiger partial charge in [0.2, 0.25) is 6.23 Å². The number of halogens is 2. The van der Waals surface area contributed by atoms with E-state index in [2.05, 4.69) is 4.98 Å². The van der Waals surface area contributed by atoms with Crippen LogP contribution in [-0.2, 0) is 4.74 Å². The first kappa shape index (κ1) is 12.0. The lowest BCUT2D eigenvalue weighted by Crippen LogP contribution is -2.35. The largest absolute Gasteiger partial charge is 0.383 e. The zero-order valence-electron chi connectivity index (χ0n) is 9.27. The van der Waals surface area contributed by atoms with Crippen molar-refractivity contribution in [3.8, 4) is 0 Å². The van der Waals surface area contributed by atoms with E-state index in [0.29, 0.717) is 6.42 Å². The van der Waals surface area contributed by atoms with Gasteiger partial charge in [0.25, 0.3) is 5.92 Å². The van der Waals surface area contributed by atoms with E-state index in [1.165, 1.54) is 12.3 Å². The molecule has 2 rings (SSSR count). The molecule has 0 amide bonds. The normalized spacial score (nSPS) is 27.2. The Hall–Kier alpha value is -1.50. The Morgan fingerprint density at radius 2 is 2.41 bits per heavy atom. The maximum atomic E-state index is 13.7. The molecule has 1 aromatic rings. The molecule has 0 aliphatic carbocycles. The summed E-state index contributed by atoms with van der Waals surface area (Å²) in [4.78, 5) is 14.9. The Morgan fingerprint density at radius 3 is 2.94 bits per heavy atom. The van der Waals surface area contributed by atoms with Crippen molar-refractivity contribution in [2.75, 3.05) is 5.73 Å². The minimum Gasteiger partial charge on any atom is -0.383 e. The summed E-state index contributed by atoms with van der Waals surface area (Å²) >= 11 is 0. The summed E-state index contributed by atoms with van der Waals surface area (Å²) in [5, 5.41) is 0. The number of nitrogens with zero attached hydrogens (tertiary/aromatic N) is 2. The lowest BCUT2D eigenvalue weighted by molar-refractivity contribution is -0.117. The summed E-state index contributed by atoms with van der Waals surface area (Å²) in [5.41, 5.74) is 4.47. The van der Waals surface area contributed by atoms with E-state index >= 15 is 0 Å². The van der Waals surface area contributed by atoms with E-state index in [9.17, 15) is 13.6 Å². The van der Waals surface area contributed by atoms with Gasteiger partial charge in [0.05, 0.1) is 6.10 Å². The Bertz CT molecular complexity index is 475. The number of nitrogens with two attached hydrogens (primary N) is 1. The van der Waals surface area contributed by atoms with Crippen LogP contribution in [0.15, 0.2) is 17.1 Å². The zero-order valence-corrected chi connectivity index (χ0v) is 9.27. The van der Waals surface area contributed by atoms with Gasteiger partial charge in [-0.1, -0.05) is 6.92 Å². The molecule has 0 spiro atoms. The van der Waals surface area contributed by atoms with Gasteiger partial charge in [-0.2, -0.15) is 4.98 Å². The quantitative estimate of drug-likeness (QED) is 0.848. The fourth-order valence-electron chi connectivity index (χ4n) is 1.85. The molecule has 0 radical (unpaired) electrons. The fourth-order valence-corrected chi connectivity index (χ4v) is 1.85. The second-order valence-corrected chi connectivity index (χ2v) is 4.03. The van der Waals surface area contributed by atoms with Crippen molar-refractivity contribution in [3.63, 3.8) is 0 Å². The second-order valence-electron chi connectivity index (χ2n) is 4.03. The Kier molecular flexibility index (Phi) is 2.86. The van der Waals surface area contributed by atoms with Crippen LogP contribution in [-0.4, -0.2) is 21.6 Å². The maximum Gasteiger partial charge on any atom is 0.351 e. The third kappa shape index (κ3) is 2.14. The molecular formula is C10H13F2N3O2. The van der Waals surface area contributed by atoms with Crippen molar-refractivity contribution in [1.29, 1.82) is 0 Å². The molecule has 94 valence electrons. The van der Waals surface area contributed by atoms with Crippen LogP contribution < -0.4 is 11.4 Å². The average molecular weight is 245 g/mol. The molecule has 1 aliphatic rings. The minimum atomic E-state index is -3.07. The first-order chi connectivity index (χ1) is 7.94. The molecule has 0 saturated carbocycles. The molecule has 2 N–H and O–H groups in total. The summed E-state index contributed by atoms with van der Waals surface area (Å²) < 4.78 is 33.3. The molecule has 1 saturated heterocycles. The summed E-state index contributed by atoms with van der Waals surface area (Å²) in [6.45, 7) is 1.76. The van der Waals surface area contributed by atoms with Gasteiger partial charge in [0, 0.05) is 12.6 Å². The predicted molar refractivity (Wildman–Crippen MR) is 56.7 cm³/mol. The predicted octanol–water partition coefficient (Wildman–Crippen LogP) is 1.16. The Balaban J connectivity index is 2.37. The van der Waals surface area contributed by atoms with Gasteiger partial charge >= 0.3 is 5.69 Å². The van der Waals surface area contributed by atoms with Crippen LogP contribution in [0.3, 0.4) is 0 Å². The second kappa shape index (κ2) is 4.06. The smallest absolute Gasteiger partial charge is 0.351 e. The van der Waals surface area contributed by atoms with Crippen molar-refractivity contribution < 1.29 is 13.5 Å². The first-order valence-corrected chi connectivity index (χ1v) is 5.32. The lowest BCUT2D eigenvalue weighted by Gasteiger charge is -2.19. The van der Waals surface area contributed by atoms with Gasteiger partial charge in [0.1, 0.15) is 5.82 Å².